The van der Waals surface area contributed by atoms with Crippen LogP contribution in [-0.4, -0.2) is 42.5 Å². The molecule has 1 atom stereocenters. The zero-order chi connectivity index (χ0) is 11.3. The molecule has 4 heteroatoms. The van der Waals surface area contributed by atoms with Crippen LogP contribution in [0.2, 0.25) is 0 Å². The first kappa shape index (κ1) is 12.5. The highest BCUT2D eigenvalue weighted by Gasteiger charge is 2.27. The molecule has 0 aromatic carbocycles. The van der Waals surface area contributed by atoms with Crippen LogP contribution in [-0.2, 0) is 4.79 Å². The Morgan fingerprint density at radius 2 is 2.20 bits per heavy atom. The first-order valence-corrected chi connectivity index (χ1v) is 5.96. The molecule has 88 valence electrons. The van der Waals surface area contributed by atoms with E-state index in [4.69, 9.17) is 5.73 Å². The summed E-state index contributed by atoms with van der Waals surface area (Å²) >= 11 is 0. The fourth-order valence-electron chi connectivity index (χ4n) is 1.68. The smallest absolute Gasteiger partial charge is 0.236 e. The van der Waals surface area contributed by atoms with Crippen LogP contribution >= 0.6 is 0 Å². The lowest BCUT2D eigenvalue weighted by atomic mass is 10.2. The molecule has 0 aromatic heterocycles. The summed E-state index contributed by atoms with van der Waals surface area (Å²) in [4.78, 5) is 13.8. The van der Waals surface area contributed by atoms with E-state index in [1.165, 1.54) is 12.8 Å². The molecule has 0 aliphatic heterocycles. The number of nitrogens with one attached hydrogen (secondary N) is 1. The highest BCUT2D eigenvalue weighted by atomic mass is 16.2. The molecule has 1 rings (SSSR count). The van der Waals surface area contributed by atoms with Gasteiger partial charge in [-0.2, -0.15) is 0 Å². The van der Waals surface area contributed by atoms with Gasteiger partial charge in [-0.15, -0.1) is 0 Å². The summed E-state index contributed by atoms with van der Waals surface area (Å²) < 4.78 is 0. The van der Waals surface area contributed by atoms with E-state index in [1.54, 1.807) is 0 Å². The minimum absolute atomic E-state index is 0.0237. The van der Waals surface area contributed by atoms with Gasteiger partial charge in [0.05, 0.1) is 6.04 Å². The second-order valence-electron chi connectivity index (χ2n) is 4.17. The van der Waals surface area contributed by atoms with Crippen molar-refractivity contribution in [1.29, 1.82) is 0 Å². The molecule has 3 N–H and O–H groups in total. The molecule has 1 saturated carbocycles. The van der Waals surface area contributed by atoms with Gasteiger partial charge in [0.25, 0.3) is 0 Å². The van der Waals surface area contributed by atoms with E-state index in [0.717, 1.165) is 25.7 Å². The van der Waals surface area contributed by atoms with Gasteiger partial charge in [0.15, 0.2) is 0 Å². The Labute approximate surface area is 92.2 Å². The van der Waals surface area contributed by atoms with E-state index in [1.807, 2.05) is 6.92 Å². The average molecular weight is 213 g/mol. The van der Waals surface area contributed by atoms with Gasteiger partial charge in [0, 0.05) is 19.1 Å². The van der Waals surface area contributed by atoms with Crippen LogP contribution in [0, 0.1) is 0 Å². The van der Waals surface area contributed by atoms with Crippen LogP contribution in [0.1, 0.15) is 33.1 Å². The van der Waals surface area contributed by atoms with E-state index in [-0.39, 0.29) is 11.9 Å². The predicted octanol–water partition coefficient (Wildman–Crippen LogP) is 0.324. The Morgan fingerprint density at radius 3 is 2.67 bits per heavy atom. The van der Waals surface area contributed by atoms with E-state index < -0.39 is 0 Å². The summed E-state index contributed by atoms with van der Waals surface area (Å²) in [6, 6.07) is 0.424. The molecule has 1 fully saturated rings. The second kappa shape index (κ2) is 6.08. The number of hydrogen-bond acceptors (Lipinski definition) is 3. The van der Waals surface area contributed by atoms with E-state index in [9.17, 15) is 4.79 Å². The van der Waals surface area contributed by atoms with Crippen LogP contribution in [0.25, 0.3) is 0 Å². The van der Waals surface area contributed by atoms with Crippen molar-refractivity contribution in [3.05, 3.63) is 0 Å². The number of rotatable bonds is 7. The third-order valence-electron chi connectivity index (χ3n) is 2.94. The molecule has 0 aromatic rings. The molecule has 1 aliphatic carbocycles. The van der Waals surface area contributed by atoms with Gasteiger partial charge in [-0.25, -0.2) is 0 Å². The maximum absolute atomic E-state index is 11.4. The standard InChI is InChI=1S/C11H23N3O/c1-3-10(12)11(15)13-7-8-14(4-2)9-5-6-9/h9-10H,3-8,12H2,1-2H3,(H,13,15)/t10-/m1/s1. The molecule has 0 bridgehead atoms. The normalized spacial score (nSPS) is 17.9. The summed E-state index contributed by atoms with van der Waals surface area (Å²) in [6.45, 7) is 6.82. The minimum Gasteiger partial charge on any atom is -0.353 e. The molecule has 0 spiro atoms. The summed E-state index contributed by atoms with van der Waals surface area (Å²) in [5, 5.41) is 2.88. The van der Waals surface area contributed by atoms with Gasteiger partial charge in [-0.3, -0.25) is 9.69 Å². The number of carbonyl (C=O) groups is 1. The minimum atomic E-state index is -0.346. The number of hydrogen-bond donors (Lipinski definition) is 2. The van der Waals surface area contributed by atoms with Crippen LogP contribution in [0.15, 0.2) is 0 Å². The van der Waals surface area contributed by atoms with Crippen molar-refractivity contribution >= 4 is 5.91 Å². The Kier molecular flexibility index (Phi) is 5.05. The van der Waals surface area contributed by atoms with Gasteiger partial charge in [0.2, 0.25) is 5.91 Å². The van der Waals surface area contributed by atoms with Gasteiger partial charge >= 0.3 is 0 Å². The molecule has 0 heterocycles. The van der Waals surface area contributed by atoms with E-state index >= 15 is 0 Å². The fraction of sp³-hybridized carbons (Fsp3) is 0.909. The molecule has 1 amide bonds. The number of amides is 1. The Hall–Kier alpha value is -0.610. The van der Waals surface area contributed by atoms with Crippen LogP contribution in [0.3, 0.4) is 0 Å². The van der Waals surface area contributed by atoms with Gasteiger partial charge in [-0.05, 0) is 25.8 Å². The van der Waals surface area contributed by atoms with Crippen LogP contribution < -0.4 is 11.1 Å². The maximum Gasteiger partial charge on any atom is 0.236 e. The number of nitrogens with zero attached hydrogens (tertiary/aromatic N) is 1. The van der Waals surface area contributed by atoms with Crippen molar-refractivity contribution in [1.82, 2.24) is 10.2 Å². The molecule has 0 radical (unpaired) electrons. The van der Waals surface area contributed by atoms with Gasteiger partial charge in [0.1, 0.15) is 0 Å². The molecular formula is C11H23N3O. The van der Waals surface area contributed by atoms with Crippen LogP contribution in [0.5, 0.6) is 0 Å². The number of likely N-dealkylation sites (N-methyl/N-ethyl adjacent to an activating group) is 1. The first-order chi connectivity index (χ1) is 7.19. The largest absolute Gasteiger partial charge is 0.353 e. The first-order valence-electron chi connectivity index (χ1n) is 5.96. The Morgan fingerprint density at radius 1 is 1.53 bits per heavy atom. The van der Waals surface area contributed by atoms with Gasteiger partial charge < -0.3 is 11.1 Å². The zero-order valence-corrected chi connectivity index (χ0v) is 9.83. The number of carbonyl (C=O) groups excluding carboxylic acids is 1. The summed E-state index contributed by atoms with van der Waals surface area (Å²) in [5.41, 5.74) is 5.61. The Bertz CT molecular complexity index is 204. The summed E-state index contributed by atoms with van der Waals surface area (Å²) in [5.74, 6) is -0.0237. The predicted molar refractivity (Wildman–Crippen MR) is 61.5 cm³/mol. The van der Waals surface area contributed by atoms with Crippen molar-refractivity contribution in [2.45, 2.75) is 45.2 Å². The number of nitrogens with two attached hydrogens (primary N) is 1. The van der Waals surface area contributed by atoms with Crippen molar-refractivity contribution in [2.24, 2.45) is 5.73 Å². The highest BCUT2D eigenvalue weighted by Crippen LogP contribution is 2.25. The lowest BCUT2D eigenvalue weighted by Crippen LogP contribution is -2.43. The van der Waals surface area contributed by atoms with Gasteiger partial charge in [-0.1, -0.05) is 13.8 Å². The van der Waals surface area contributed by atoms with Crippen molar-refractivity contribution < 1.29 is 4.79 Å². The third kappa shape index (κ3) is 4.18. The average Bonchev–Trinajstić information content (AvgIpc) is 3.06. The maximum atomic E-state index is 11.4. The quantitative estimate of drug-likeness (QED) is 0.640. The SMILES string of the molecule is CC[C@@H](N)C(=O)NCCN(CC)C1CC1. The molecule has 0 unspecified atom stereocenters. The topological polar surface area (TPSA) is 58.4 Å². The summed E-state index contributed by atoms with van der Waals surface area (Å²) in [6.07, 6.45) is 3.33. The third-order valence-corrected chi connectivity index (χ3v) is 2.94. The van der Waals surface area contributed by atoms with Crippen LogP contribution in [0.4, 0.5) is 0 Å². The van der Waals surface area contributed by atoms with Crippen molar-refractivity contribution in [2.75, 3.05) is 19.6 Å². The molecule has 1 aliphatic rings. The molecular weight excluding hydrogens is 190 g/mol. The molecule has 15 heavy (non-hydrogen) atoms. The second-order valence-corrected chi connectivity index (χ2v) is 4.17. The van der Waals surface area contributed by atoms with E-state index in [2.05, 4.69) is 17.1 Å². The lowest BCUT2D eigenvalue weighted by molar-refractivity contribution is -0.122. The monoisotopic (exact) mass is 213 g/mol. The van der Waals surface area contributed by atoms with E-state index in [0.29, 0.717) is 6.42 Å². The van der Waals surface area contributed by atoms with Crippen molar-refractivity contribution in [3.63, 3.8) is 0 Å². The van der Waals surface area contributed by atoms with Crippen molar-refractivity contribution in [3.8, 4) is 0 Å². The highest BCUT2D eigenvalue weighted by molar-refractivity contribution is 5.81. The summed E-state index contributed by atoms with van der Waals surface area (Å²) in [7, 11) is 0. The lowest BCUT2D eigenvalue weighted by Gasteiger charge is -2.20. The zero-order valence-electron chi connectivity index (χ0n) is 9.83. The molecule has 0 saturated heterocycles. The Balaban J connectivity index is 2.11. The fourth-order valence-corrected chi connectivity index (χ4v) is 1.68. The molecule has 4 nitrogen and oxygen atoms in total.